The number of nitrogens with zero attached hydrogens (tertiary/aromatic N) is 1. The predicted molar refractivity (Wildman–Crippen MR) is 93.7 cm³/mol. The summed E-state index contributed by atoms with van der Waals surface area (Å²) in [6.45, 7) is 1.43. The van der Waals surface area contributed by atoms with Crippen LogP contribution in [0.4, 0.5) is 0 Å². The number of carbonyl (C=O) groups excluding carboxylic acids is 1. The predicted octanol–water partition coefficient (Wildman–Crippen LogP) is 3.92. The second-order valence-corrected chi connectivity index (χ2v) is 7.40. The van der Waals surface area contributed by atoms with Crippen molar-refractivity contribution in [2.75, 3.05) is 13.1 Å². The number of amides is 1. The minimum atomic E-state index is -0.403. The summed E-state index contributed by atoms with van der Waals surface area (Å²) in [5.41, 5.74) is 0.947. The molecule has 0 bridgehead atoms. The minimum Gasteiger partial charge on any atom is -0.387 e. The third-order valence-corrected chi connectivity index (χ3v) is 5.60. The average molecular weight is 350 g/mol. The van der Waals surface area contributed by atoms with Gasteiger partial charge in [0.2, 0.25) is 5.91 Å². The van der Waals surface area contributed by atoms with Crippen LogP contribution in [0.1, 0.15) is 29.4 Å². The molecule has 1 aliphatic rings. The van der Waals surface area contributed by atoms with Gasteiger partial charge in [-0.25, -0.2) is 0 Å². The molecule has 1 atom stereocenters. The number of hydrogen-bond donors (Lipinski definition) is 1. The number of aliphatic hydroxyl groups is 1. The first-order valence-electron chi connectivity index (χ1n) is 7.87. The maximum absolute atomic E-state index is 12.4. The van der Waals surface area contributed by atoms with Crippen molar-refractivity contribution in [2.24, 2.45) is 5.92 Å². The van der Waals surface area contributed by atoms with Crippen LogP contribution in [0.3, 0.4) is 0 Å². The molecule has 3 nitrogen and oxygen atoms in total. The van der Waals surface area contributed by atoms with Crippen molar-refractivity contribution < 1.29 is 9.90 Å². The highest BCUT2D eigenvalue weighted by Gasteiger charge is 2.28. The van der Waals surface area contributed by atoms with E-state index in [9.17, 15) is 9.90 Å². The number of benzene rings is 1. The lowest BCUT2D eigenvalue weighted by molar-refractivity contribution is -0.132. The Morgan fingerprint density at radius 1 is 1.30 bits per heavy atom. The molecule has 0 saturated carbocycles. The molecule has 2 heterocycles. The van der Waals surface area contributed by atoms with Crippen molar-refractivity contribution in [2.45, 2.75) is 25.4 Å². The van der Waals surface area contributed by atoms with Crippen molar-refractivity contribution in [3.05, 3.63) is 57.2 Å². The van der Waals surface area contributed by atoms with Crippen LogP contribution in [0.2, 0.25) is 5.02 Å². The number of carbonyl (C=O) groups is 1. The third kappa shape index (κ3) is 4.14. The molecular formula is C18H20ClNO2S. The first kappa shape index (κ1) is 16.5. The van der Waals surface area contributed by atoms with Crippen LogP contribution in [0, 0.1) is 5.92 Å². The van der Waals surface area contributed by atoms with Crippen LogP contribution in [0.5, 0.6) is 0 Å². The Kier molecular flexibility index (Phi) is 5.36. The van der Waals surface area contributed by atoms with Crippen molar-refractivity contribution in [1.82, 2.24) is 4.90 Å². The van der Waals surface area contributed by atoms with Gasteiger partial charge < -0.3 is 10.0 Å². The highest BCUT2D eigenvalue weighted by Crippen LogP contribution is 2.33. The summed E-state index contributed by atoms with van der Waals surface area (Å²) < 4.78 is 0. The zero-order chi connectivity index (χ0) is 16.2. The van der Waals surface area contributed by atoms with Gasteiger partial charge in [-0.05, 0) is 47.9 Å². The molecule has 1 fully saturated rings. The molecule has 23 heavy (non-hydrogen) atoms. The zero-order valence-corrected chi connectivity index (χ0v) is 14.4. The van der Waals surface area contributed by atoms with E-state index in [-0.39, 0.29) is 11.8 Å². The van der Waals surface area contributed by atoms with Crippen LogP contribution in [-0.2, 0) is 11.2 Å². The van der Waals surface area contributed by atoms with Crippen molar-refractivity contribution in [3.8, 4) is 0 Å². The van der Waals surface area contributed by atoms with Crippen LogP contribution in [-0.4, -0.2) is 29.0 Å². The Labute approximate surface area is 145 Å². The van der Waals surface area contributed by atoms with Crippen LogP contribution in [0.15, 0.2) is 41.8 Å². The molecule has 1 amide bonds. The van der Waals surface area contributed by atoms with Gasteiger partial charge in [-0.3, -0.25) is 4.79 Å². The van der Waals surface area contributed by atoms with Crippen LogP contribution >= 0.6 is 22.9 Å². The first-order chi connectivity index (χ1) is 11.1. The molecule has 1 N–H and O–H groups in total. The Morgan fingerprint density at radius 2 is 2.09 bits per heavy atom. The van der Waals surface area contributed by atoms with Gasteiger partial charge in [-0.2, -0.15) is 0 Å². The second kappa shape index (κ2) is 7.47. The molecule has 1 aromatic carbocycles. The van der Waals surface area contributed by atoms with Crippen LogP contribution in [0.25, 0.3) is 0 Å². The highest BCUT2D eigenvalue weighted by atomic mass is 35.5. The highest BCUT2D eigenvalue weighted by molar-refractivity contribution is 7.10. The SMILES string of the molecule is O=C(Cc1cccc(Cl)c1)N1CCC(C(O)c2cccs2)CC1. The Bertz CT molecular complexity index is 651. The topological polar surface area (TPSA) is 40.5 Å². The van der Waals surface area contributed by atoms with Gasteiger partial charge >= 0.3 is 0 Å². The van der Waals surface area contributed by atoms with Gasteiger partial charge in [0.25, 0.3) is 0 Å². The minimum absolute atomic E-state index is 0.135. The fourth-order valence-corrected chi connectivity index (χ4v) is 4.11. The van der Waals surface area contributed by atoms with Crippen molar-refractivity contribution in [3.63, 3.8) is 0 Å². The Hall–Kier alpha value is -1.36. The Morgan fingerprint density at radius 3 is 2.74 bits per heavy atom. The van der Waals surface area contributed by atoms with E-state index < -0.39 is 6.10 Å². The number of hydrogen-bond acceptors (Lipinski definition) is 3. The molecule has 1 aliphatic heterocycles. The largest absolute Gasteiger partial charge is 0.387 e. The lowest BCUT2D eigenvalue weighted by Gasteiger charge is -2.34. The van der Waals surface area contributed by atoms with E-state index in [4.69, 9.17) is 11.6 Å². The number of thiophene rings is 1. The first-order valence-corrected chi connectivity index (χ1v) is 9.13. The average Bonchev–Trinajstić information content (AvgIpc) is 3.09. The van der Waals surface area contributed by atoms with Gasteiger partial charge in [0, 0.05) is 23.0 Å². The van der Waals surface area contributed by atoms with Gasteiger partial charge in [0.1, 0.15) is 0 Å². The molecule has 0 aliphatic carbocycles. The number of halogens is 1. The molecule has 122 valence electrons. The summed E-state index contributed by atoms with van der Waals surface area (Å²) in [6.07, 6.45) is 1.68. The van der Waals surface area contributed by atoms with Gasteiger partial charge in [-0.15, -0.1) is 11.3 Å². The molecule has 0 radical (unpaired) electrons. The smallest absolute Gasteiger partial charge is 0.226 e. The van der Waals surface area contributed by atoms with Crippen molar-refractivity contribution >= 4 is 28.8 Å². The number of piperidine rings is 1. The summed E-state index contributed by atoms with van der Waals surface area (Å²) in [5.74, 6) is 0.375. The quantitative estimate of drug-likeness (QED) is 0.908. The van der Waals surface area contributed by atoms with Gasteiger partial charge in [-0.1, -0.05) is 29.8 Å². The fraction of sp³-hybridized carbons (Fsp3) is 0.389. The van der Waals surface area contributed by atoms with E-state index in [1.165, 1.54) is 0 Å². The van der Waals surface area contributed by atoms with Crippen LogP contribution < -0.4 is 0 Å². The van der Waals surface area contributed by atoms with Gasteiger partial charge in [0.15, 0.2) is 0 Å². The monoisotopic (exact) mass is 349 g/mol. The lowest BCUT2D eigenvalue weighted by Crippen LogP contribution is -2.40. The van der Waals surface area contributed by atoms with E-state index in [2.05, 4.69) is 0 Å². The van der Waals surface area contributed by atoms with Crippen molar-refractivity contribution in [1.29, 1.82) is 0 Å². The second-order valence-electron chi connectivity index (χ2n) is 5.99. The molecule has 1 aromatic heterocycles. The lowest BCUT2D eigenvalue weighted by atomic mass is 9.90. The summed E-state index contributed by atoms with van der Waals surface area (Å²) in [6, 6.07) is 11.4. The summed E-state index contributed by atoms with van der Waals surface area (Å²) in [5, 5.41) is 13.1. The molecule has 2 aromatic rings. The maximum Gasteiger partial charge on any atom is 0.226 e. The number of likely N-dealkylation sites (tertiary alicyclic amines) is 1. The number of aliphatic hydroxyl groups excluding tert-OH is 1. The standard InChI is InChI=1S/C18H20ClNO2S/c19-15-4-1-3-13(11-15)12-17(21)20-8-6-14(7-9-20)18(22)16-5-2-10-23-16/h1-5,10-11,14,18,22H,6-9,12H2. The molecular weight excluding hydrogens is 330 g/mol. The summed E-state index contributed by atoms with van der Waals surface area (Å²) in [4.78, 5) is 15.3. The van der Waals surface area contributed by atoms with E-state index >= 15 is 0 Å². The van der Waals surface area contributed by atoms with E-state index in [1.54, 1.807) is 11.3 Å². The molecule has 3 rings (SSSR count). The normalized spacial score (nSPS) is 17.2. The molecule has 1 unspecified atom stereocenters. The maximum atomic E-state index is 12.4. The van der Waals surface area contributed by atoms with E-state index in [0.29, 0.717) is 24.5 Å². The van der Waals surface area contributed by atoms with E-state index in [0.717, 1.165) is 23.3 Å². The summed E-state index contributed by atoms with van der Waals surface area (Å²) >= 11 is 7.56. The third-order valence-electron chi connectivity index (χ3n) is 4.42. The van der Waals surface area contributed by atoms with Gasteiger partial charge in [0.05, 0.1) is 12.5 Å². The summed E-state index contributed by atoms with van der Waals surface area (Å²) in [7, 11) is 0. The number of rotatable bonds is 4. The molecule has 0 spiro atoms. The van der Waals surface area contributed by atoms with E-state index in [1.807, 2.05) is 46.7 Å². The Balaban J connectivity index is 1.53. The zero-order valence-electron chi connectivity index (χ0n) is 12.8. The fourth-order valence-electron chi connectivity index (χ4n) is 3.09. The molecule has 1 saturated heterocycles. The molecule has 5 heteroatoms.